The maximum Gasteiger partial charge on any atom is 0.237 e. The summed E-state index contributed by atoms with van der Waals surface area (Å²) in [5, 5.41) is 15.5. The van der Waals surface area contributed by atoms with Crippen LogP contribution in [-0.4, -0.2) is 31.4 Å². The van der Waals surface area contributed by atoms with Crippen molar-refractivity contribution in [2.24, 2.45) is 0 Å². The Labute approximate surface area is 164 Å². The molecule has 134 valence electrons. The summed E-state index contributed by atoms with van der Waals surface area (Å²) in [5.74, 6) is -0.224. The van der Waals surface area contributed by atoms with Crippen molar-refractivity contribution < 1.29 is 4.79 Å². The predicted octanol–water partition coefficient (Wildman–Crippen LogP) is 4.40. The molecule has 1 atom stereocenters. The molecular formula is C17H15Cl2N5OS. The van der Waals surface area contributed by atoms with Crippen molar-refractivity contribution in [2.45, 2.75) is 24.3 Å². The quantitative estimate of drug-likeness (QED) is 0.634. The van der Waals surface area contributed by atoms with Gasteiger partial charge in [-0.3, -0.25) is 4.79 Å². The van der Waals surface area contributed by atoms with Gasteiger partial charge in [0.15, 0.2) is 0 Å². The lowest BCUT2D eigenvalue weighted by Gasteiger charge is -2.13. The molecule has 0 radical (unpaired) electrons. The molecule has 1 heterocycles. The van der Waals surface area contributed by atoms with Crippen LogP contribution in [-0.2, 0) is 4.79 Å². The van der Waals surface area contributed by atoms with E-state index < -0.39 is 5.25 Å². The molecule has 3 aromatic rings. The second-order valence-electron chi connectivity index (χ2n) is 5.59. The SMILES string of the molecule is Cc1cccc(-n2nnnc2SC(C)C(=O)Nc2cc(Cl)ccc2Cl)c1. The number of halogens is 2. The molecule has 0 aliphatic rings. The van der Waals surface area contributed by atoms with E-state index in [9.17, 15) is 4.79 Å². The lowest BCUT2D eigenvalue weighted by atomic mass is 10.2. The zero-order valence-electron chi connectivity index (χ0n) is 14.0. The summed E-state index contributed by atoms with van der Waals surface area (Å²) in [4.78, 5) is 12.5. The molecule has 0 saturated carbocycles. The minimum atomic E-state index is -0.445. The number of thioether (sulfide) groups is 1. The van der Waals surface area contributed by atoms with Gasteiger partial charge in [0.05, 0.1) is 21.6 Å². The number of nitrogens with zero attached hydrogens (tertiary/aromatic N) is 4. The zero-order chi connectivity index (χ0) is 18.7. The van der Waals surface area contributed by atoms with Crippen LogP contribution in [0.3, 0.4) is 0 Å². The minimum absolute atomic E-state index is 0.224. The number of hydrogen-bond donors (Lipinski definition) is 1. The number of benzene rings is 2. The summed E-state index contributed by atoms with van der Waals surface area (Å²) in [6, 6.07) is 12.7. The Morgan fingerprint density at radius 3 is 2.81 bits per heavy atom. The maximum absolute atomic E-state index is 12.5. The normalized spacial score (nSPS) is 12.0. The summed E-state index contributed by atoms with van der Waals surface area (Å²) in [6.07, 6.45) is 0. The topological polar surface area (TPSA) is 72.7 Å². The average molecular weight is 408 g/mol. The molecule has 0 bridgehead atoms. The van der Waals surface area contributed by atoms with E-state index in [1.807, 2.05) is 31.2 Å². The van der Waals surface area contributed by atoms with Crippen LogP contribution in [0.5, 0.6) is 0 Å². The Kier molecular flexibility index (Phi) is 5.80. The highest BCUT2D eigenvalue weighted by Crippen LogP contribution is 2.28. The number of anilines is 1. The molecule has 9 heteroatoms. The molecule has 1 unspecified atom stereocenters. The summed E-state index contributed by atoms with van der Waals surface area (Å²) in [5.41, 5.74) is 2.40. The summed E-state index contributed by atoms with van der Waals surface area (Å²) in [7, 11) is 0. The van der Waals surface area contributed by atoms with E-state index in [4.69, 9.17) is 23.2 Å². The minimum Gasteiger partial charge on any atom is -0.324 e. The van der Waals surface area contributed by atoms with E-state index in [1.54, 1.807) is 29.8 Å². The maximum atomic E-state index is 12.5. The highest BCUT2D eigenvalue weighted by Gasteiger charge is 2.20. The van der Waals surface area contributed by atoms with E-state index in [2.05, 4.69) is 20.8 Å². The van der Waals surface area contributed by atoms with E-state index >= 15 is 0 Å². The lowest BCUT2D eigenvalue weighted by molar-refractivity contribution is -0.115. The van der Waals surface area contributed by atoms with Crippen molar-refractivity contribution in [3.8, 4) is 5.69 Å². The molecule has 1 aromatic heterocycles. The number of hydrogen-bond acceptors (Lipinski definition) is 5. The van der Waals surface area contributed by atoms with Crippen LogP contribution in [0.4, 0.5) is 5.69 Å². The number of nitrogens with one attached hydrogen (secondary N) is 1. The number of rotatable bonds is 5. The van der Waals surface area contributed by atoms with E-state index in [0.29, 0.717) is 20.9 Å². The van der Waals surface area contributed by atoms with Crippen molar-refractivity contribution >= 4 is 46.6 Å². The predicted molar refractivity (Wildman–Crippen MR) is 104 cm³/mol. The largest absolute Gasteiger partial charge is 0.324 e. The average Bonchev–Trinajstić information content (AvgIpc) is 3.06. The molecule has 0 saturated heterocycles. The molecule has 26 heavy (non-hydrogen) atoms. The van der Waals surface area contributed by atoms with Crippen LogP contribution in [0.2, 0.25) is 10.0 Å². The Bertz CT molecular complexity index is 946. The van der Waals surface area contributed by atoms with Gasteiger partial charge in [0.25, 0.3) is 0 Å². The monoisotopic (exact) mass is 407 g/mol. The summed E-state index contributed by atoms with van der Waals surface area (Å²) < 4.78 is 1.60. The van der Waals surface area contributed by atoms with Gasteiger partial charge >= 0.3 is 0 Å². The molecule has 1 amide bonds. The summed E-state index contributed by atoms with van der Waals surface area (Å²) in [6.45, 7) is 3.76. The van der Waals surface area contributed by atoms with Crippen molar-refractivity contribution in [3.05, 3.63) is 58.1 Å². The fraction of sp³-hybridized carbons (Fsp3) is 0.176. The third kappa shape index (κ3) is 4.35. The molecule has 0 spiro atoms. The van der Waals surface area contributed by atoms with E-state index in [1.165, 1.54) is 11.8 Å². The number of aryl methyl sites for hydroxylation is 1. The van der Waals surface area contributed by atoms with Crippen LogP contribution in [0.15, 0.2) is 47.6 Å². The third-order valence-corrected chi connectivity index (χ3v) is 5.12. The van der Waals surface area contributed by atoms with Gasteiger partial charge in [-0.05, 0) is 60.2 Å². The molecule has 1 N–H and O–H groups in total. The molecular weight excluding hydrogens is 393 g/mol. The van der Waals surface area contributed by atoms with Crippen molar-refractivity contribution in [1.82, 2.24) is 20.2 Å². The first-order valence-corrected chi connectivity index (χ1v) is 9.35. The van der Waals surface area contributed by atoms with Crippen LogP contribution in [0.25, 0.3) is 5.69 Å². The standard InChI is InChI=1S/C17H15Cl2N5OS/c1-10-4-3-5-13(8-10)24-17(21-22-23-24)26-11(2)16(25)20-15-9-12(18)6-7-14(15)19/h3-9,11H,1-2H3,(H,20,25). The highest BCUT2D eigenvalue weighted by atomic mass is 35.5. The Morgan fingerprint density at radius 2 is 2.04 bits per heavy atom. The molecule has 2 aromatic carbocycles. The second-order valence-corrected chi connectivity index (χ2v) is 7.74. The van der Waals surface area contributed by atoms with Gasteiger partial charge in [0.2, 0.25) is 11.1 Å². The van der Waals surface area contributed by atoms with E-state index in [0.717, 1.165) is 11.3 Å². The fourth-order valence-electron chi connectivity index (χ4n) is 2.21. The molecule has 0 aliphatic heterocycles. The first-order valence-electron chi connectivity index (χ1n) is 7.72. The van der Waals surface area contributed by atoms with Crippen LogP contribution >= 0.6 is 35.0 Å². The van der Waals surface area contributed by atoms with Gasteiger partial charge in [-0.2, -0.15) is 4.68 Å². The highest BCUT2D eigenvalue weighted by molar-refractivity contribution is 8.00. The van der Waals surface area contributed by atoms with Crippen molar-refractivity contribution in [1.29, 1.82) is 0 Å². The molecule has 6 nitrogen and oxygen atoms in total. The van der Waals surface area contributed by atoms with Crippen LogP contribution < -0.4 is 5.32 Å². The Balaban J connectivity index is 1.74. The number of carbonyl (C=O) groups is 1. The van der Waals surface area contributed by atoms with Gasteiger partial charge < -0.3 is 5.32 Å². The number of carbonyl (C=O) groups excluding carboxylic acids is 1. The van der Waals surface area contributed by atoms with Crippen molar-refractivity contribution in [3.63, 3.8) is 0 Å². The van der Waals surface area contributed by atoms with E-state index in [-0.39, 0.29) is 5.91 Å². The van der Waals surface area contributed by atoms with Gasteiger partial charge in [-0.15, -0.1) is 5.10 Å². The first-order chi connectivity index (χ1) is 12.4. The lowest BCUT2D eigenvalue weighted by Crippen LogP contribution is -2.23. The molecule has 0 fully saturated rings. The summed E-state index contributed by atoms with van der Waals surface area (Å²) >= 11 is 13.3. The Hall–Kier alpha value is -2.09. The molecule has 0 aliphatic carbocycles. The number of amides is 1. The zero-order valence-corrected chi connectivity index (χ0v) is 16.3. The van der Waals surface area contributed by atoms with Gasteiger partial charge in [0.1, 0.15) is 0 Å². The third-order valence-electron chi connectivity index (χ3n) is 3.52. The van der Waals surface area contributed by atoms with Gasteiger partial charge in [0, 0.05) is 5.02 Å². The number of tetrazole rings is 1. The van der Waals surface area contributed by atoms with Gasteiger partial charge in [-0.25, -0.2) is 0 Å². The number of aromatic nitrogens is 4. The molecule has 3 rings (SSSR count). The fourth-order valence-corrected chi connectivity index (χ4v) is 3.36. The van der Waals surface area contributed by atoms with Crippen LogP contribution in [0, 0.1) is 6.92 Å². The van der Waals surface area contributed by atoms with Gasteiger partial charge in [-0.1, -0.05) is 47.1 Å². The second kappa shape index (κ2) is 8.07. The van der Waals surface area contributed by atoms with Crippen LogP contribution in [0.1, 0.15) is 12.5 Å². The smallest absolute Gasteiger partial charge is 0.237 e. The first kappa shape index (κ1) is 18.7. The van der Waals surface area contributed by atoms with Crippen molar-refractivity contribution in [2.75, 3.05) is 5.32 Å². The Morgan fingerprint density at radius 1 is 1.23 bits per heavy atom.